The van der Waals surface area contributed by atoms with Crippen molar-refractivity contribution in [2.45, 2.75) is 19.1 Å². The van der Waals surface area contributed by atoms with Crippen molar-refractivity contribution >= 4 is 44.3 Å². The third kappa shape index (κ3) is 3.58. The first-order valence-electron chi connectivity index (χ1n) is 5.13. The lowest BCUT2D eigenvalue weighted by Gasteiger charge is -2.14. The molecule has 0 aromatic heterocycles. The molecule has 100 valence electrons. The van der Waals surface area contributed by atoms with Gasteiger partial charge in [-0.15, -0.1) is 0 Å². The van der Waals surface area contributed by atoms with Crippen molar-refractivity contribution < 1.29 is 17.9 Å². The van der Waals surface area contributed by atoms with Crippen LogP contribution < -0.4 is 4.72 Å². The van der Waals surface area contributed by atoms with Gasteiger partial charge in [0.15, 0.2) is 5.25 Å². The maximum atomic E-state index is 11.9. The highest BCUT2D eigenvalue weighted by Crippen LogP contribution is 2.20. The normalized spacial score (nSPS) is 12.9. The van der Waals surface area contributed by atoms with E-state index in [9.17, 15) is 13.2 Å². The van der Waals surface area contributed by atoms with E-state index in [2.05, 4.69) is 32.0 Å². The molecule has 0 radical (unpaired) electrons. The zero-order valence-electron chi connectivity index (χ0n) is 10.2. The molecule has 1 aromatic carbocycles. The molecule has 1 rings (SSSR count). The quantitative estimate of drug-likeness (QED) is 0.637. The summed E-state index contributed by atoms with van der Waals surface area (Å²) in [6, 6.07) is 5.39. The van der Waals surface area contributed by atoms with Crippen LogP contribution in [-0.2, 0) is 19.6 Å². The Kier molecular flexibility index (Phi) is 4.97. The number of nitrogens with one attached hydrogen (secondary N) is 1. The molecular weight excluding hydrogens is 369 g/mol. The minimum absolute atomic E-state index is 0.470. The number of aryl methyl sites for hydroxylation is 1. The fourth-order valence-electron chi connectivity index (χ4n) is 1.24. The third-order valence-electron chi connectivity index (χ3n) is 2.45. The van der Waals surface area contributed by atoms with Gasteiger partial charge in [0.2, 0.25) is 10.0 Å². The van der Waals surface area contributed by atoms with Gasteiger partial charge in [-0.25, -0.2) is 8.42 Å². The molecule has 0 saturated carbocycles. The van der Waals surface area contributed by atoms with Gasteiger partial charge in [-0.1, -0.05) is 6.07 Å². The molecule has 0 saturated heterocycles. The van der Waals surface area contributed by atoms with E-state index < -0.39 is 21.2 Å². The van der Waals surface area contributed by atoms with E-state index in [0.717, 1.165) is 16.2 Å². The number of hydrogen-bond donors (Lipinski definition) is 1. The van der Waals surface area contributed by atoms with Crippen LogP contribution in [0.2, 0.25) is 0 Å². The predicted molar refractivity (Wildman–Crippen MR) is 77.9 cm³/mol. The first kappa shape index (κ1) is 15.2. The van der Waals surface area contributed by atoms with Crippen molar-refractivity contribution in [2.75, 3.05) is 11.8 Å². The number of rotatable bonds is 4. The molecule has 7 heteroatoms. The summed E-state index contributed by atoms with van der Waals surface area (Å²) in [7, 11) is -2.63. The van der Waals surface area contributed by atoms with Crippen molar-refractivity contribution in [1.82, 2.24) is 0 Å². The summed E-state index contributed by atoms with van der Waals surface area (Å²) in [4.78, 5) is 11.3. The van der Waals surface area contributed by atoms with E-state index in [0.29, 0.717) is 5.69 Å². The first-order chi connectivity index (χ1) is 8.27. The monoisotopic (exact) mass is 383 g/mol. The van der Waals surface area contributed by atoms with Crippen molar-refractivity contribution in [2.24, 2.45) is 0 Å². The highest BCUT2D eigenvalue weighted by atomic mass is 127. The largest absolute Gasteiger partial charge is 0.468 e. The van der Waals surface area contributed by atoms with Gasteiger partial charge in [0.25, 0.3) is 0 Å². The van der Waals surface area contributed by atoms with Crippen LogP contribution in [0.3, 0.4) is 0 Å². The Hall–Kier alpha value is -0.830. The number of methoxy groups -OCH3 is 1. The maximum Gasteiger partial charge on any atom is 0.325 e. The molecule has 0 fully saturated rings. The van der Waals surface area contributed by atoms with E-state index in [1.165, 1.54) is 6.92 Å². The molecule has 5 nitrogen and oxygen atoms in total. The smallest absolute Gasteiger partial charge is 0.325 e. The van der Waals surface area contributed by atoms with Crippen LogP contribution in [-0.4, -0.2) is 26.7 Å². The maximum absolute atomic E-state index is 11.9. The van der Waals surface area contributed by atoms with Gasteiger partial charge in [0.05, 0.1) is 12.8 Å². The Morgan fingerprint density at radius 1 is 1.44 bits per heavy atom. The fraction of sp³-hybridized carbons (Fsp3) is 0.364. The lowest BCUT2D eigenvalue weighted by Crippen LogP contribution is -2.33. The zero-order valence-corrected chi connectivity index (χ0v) is 13.2. The Morgan fingerprint density at radius 3 is 2.61 bits per heavy atom. The summed E-state index contributed by atoms with van der Waals surface area (Å²) >= 11 is 2.09. The molecule has 0 aliphatic rings. The van der Waals surface area contributed by atoms with Gasteiger partial charge in [-0.3, -0.25) is 9.52 Å². The van der Waals surface area contributed by atoms with Crippen molar-refractivity contribution in [3.05, 3.63) is 27.3 Å². The second-order valence-corrected chi connectivity index (χ2v) is 7.02. The molecule has 0 spiro atoms. The molecule has 0 aliphatic carbocycles. The molecule has 0 heterocycles. The summed E-state index contributed by atoms with van der Waals surface area (Å²) in [5.74, 6) is -0.786. The van der Waals surface area contributed by atoms with Crippen molar-refractivity contribution in [3.8, 4) is 0 Å². The molecular formula is C11H14INO4S. The van der Waals surface area contributed by atoms with E-state index in [-0.39, 0.29) is 0 Å². The second kappa shape index (κ2) is 5.87. The number of carbonyl (C=O) groups excluding carboxylic acids is 1. The number of esters is 1. The topological polar surface area (TPSA) is 72.5 Å². The zero-order chi connectivity index (χ0) is 13.9. The fourth-order valence-corrected chi connectivity index (χ4v) is 2.78. The average molecular weight is 383 g/mol. The van der Waals surface area contributed by atoms with Crippen LogP contribution in [0, 0.1) is 10.5 Å². The van der Waals surface area contributed by atoms with Crippen LogP contribution in [0.5, 0.6) is 0 Å². The van der Waals surface area contributed by atoms with Gasteiger partial charge in [-0.05, 0) is 54.1 Å². The Labute approximate surface area is 120 Å². The lowest BCUT2D eigenvalue weighted by molar-refractivity contribution is -0.139. The predicted octanol–water partition coefficient (Wildman–Crippen LogP) is 1.90. The Bertz CT molecular complexity index is 556. The third-order valence-corrected chi connectivity index (χ3v) is 4.75. The minimum atomic E-state index is -3.79. The van der Waals surface area contributed by atoms with Gasteiger partial charge >= 0.3 is 5.97 Å². The molecule has 18 heavy (non-hydrogen) atoms. The summed E-state index contributed by atoms with van der Waals surface area (Å²) < 4.78 is 31.6. The molecule has 1 atom stereocenters. The molecule has 0 amide bonds. The molecule has 0 bridgehead atoms. The van der Waals surface area contributed by atoms with Crippen LogP contribution >= 0.6 is 22.6 Å². The standard InChI is InChI=1S/C11H14INO4S/c1-7-4-5-9(12)6-10(7)13-18(15,16)8(2)11(14)17-3/h4-6,8,13H,1-3H3. The van der Waals surface area contributed by atoms with Crippen LogP contribution in [0.15, 0.2) is 18.2 Å². The highest BCUT2D eigenvalue weighted by Gasteiger charge is 2.29. The number of ether oxygens (including phenoxy) is 1. The van der Waals surface area contributed by atoms with Crippen molar-refractivity contribution in [3.63, 3.8) is 0 Å². The summed E-state index contributed by atoms with van der Waals surface area (Å²) in [5.41, 5.74) is 1.26. The SMILES string of the molecule is COC(=O)C(C)S(=O)(=O)Nc1cc(I)ccc1C. The van der Waals surface area contributed by atoms with Crippen molar-refractivity contribution in [1.29, 1.82) is 0 Å². The van der Waals surface area contributed by atoms with E-state index in [4.69, 9.17) is 0 Å². The number of anilines is 1. The van der Waals surface area contributed by atoms with E-state index >= 15 is 0 Å². The number of halogens is 1. The Morgan fingerprint density at radius 2 is 2.06 bits per heavy atom. The molecule has 1 aromatic rings. The lowest BCUT2D eigenvalue weighted by atomic mass is 10.2. The first-order valence-corrected chi connectivity index (χ1v) is 7.76. The molecule has 0 aliphatic heterocycles. The second-order valence-electron chi connectivity index (χ2n) is 3.77. The minimum Gasteiger partial charge on any atom is -0.468 e. The summed E-state index contributed by atoms with van der Waals surface area (Å²) in [6.07, 6.45) is 0. The summed E-state index contributed by atoms with van der Waals surface area (Å²) in [5, 5.41) is -1.25. The highest BCUT2D eigenvalue weighted by molar-refractivity contribution is 14.1. The van der Waals surface area contributed by atoms with E-state index in [1.807, 2.05) is 12.1 Å². The van der Waals surface area contributed by atoms with Crippen LogP contribution in [0.1, 0.15) is 12.5 Å². The molecule has 1 N–H and O–H groups in total. The van der Waals surface area contributed by atoms with E-state index in [1.54, 1.807) is 13.0 Å². The van der Waals surface area contributed by atoms with Gasteiger partial charge < -0.3 is 4.74 Å². The number of hydrogen-bond acceptors (Lipinski definition) is 4. The average Bonchev–Trinajstić information content (AvgIpc) is 2.31. The van der Waals surface area contributed by atoms with Gasteiger partial charge in [0.1, 0.15) is 0 Å². The number of benzene rings is 1. The number of carbonyl (C=O) groups is 1. The Balaban J connectivity index is 3.02. The van der Waals surface area contributed by atoms with Crippen LogP contribution in [0.25, 0.3) is 0 Å². The van der Waals surface area contributed by atoms with Gasteiger partial charge in [-0.2, -0.15) is 0 Å². The number of sulfonamides is 1. The summed E-state index contributed by atoms with van der Waals surface area (Å²) in [6.45, 7) is 3.08. The van der Waals surface area contributed by atoms with Crippen LogP contribution in [0.4, 0.5) is 5.69 Å². The van der Waals surface area contributed by atoms with Gasteiger partial charge in [0, 0.05) is 3.57 Å². The molecule has 1 unspecified atom stereocenters.